The third-order valence-corrected chi connectivity index (χ3v) is 6.59. The summed E-state index contributed by atoms with van der Waals surface area (Å²) in [5, 5.41) is 10.0. The average molecular weight is 428 g/mol. The molecule has 2 aliphatic rings. The van der Waals surface area contributed by atoms with Crippen LogP contribution in [0.4, 0.5) is 0 Å². The molecule has 3 atom stereocenters. The Bertz CT molecular complexity index is 1150. The fourth-order valence-electron chi connectivity index (χ4n) is 5.05. The largest absolute Gasteiger partial charge is 0.394 e. The van der Waals surface area contributed by atoms with Crippen LogP contribution in [0.2, 0.25) is 0 Å². The molecule has 5 rings (SSSR count). The summed E-state index contributed by atoms with van der Waals surface area (Å²) in [5.74, 6) is -0.322. The monoisotopic (exact) mass is 427 g/mol. The van der Waals surface area contributed by atoms with Gasteiger partial charge in [-0.2, -0.15) is 0 Å². The quantitative estimate of drug-likeness (QED) is 0.695. The van der Waals surface area contributed by atoms with Crippen LogP contribution in [0.5, 0.6) is 0 Å². The van der Waals surface area contributed by atoms with Gasteiger partial charge in [0.25, 0.3) is 5.91 Å². The van der Waals surface area contributed by atoms with Crippen molar-refractivity contribution in [3.63, 3.8) is 0 Å². The smallest absolute Gasteiger partial charge is 0.255 e. The SMILES string of the molecule is Cc1cccc(-c2ccc([C@H]3[C@@H](CO)N4C(=O)CN(C(=O)c5cccnc5)C[C@@H]34)cc2)c1. The molecule has 6 nitrogen and oxygen atoms in total. The third kappa shape index (κ3) is 3.46. The van der Waals surface area contributed by atoms with Gasteiger partial charge in [-0.1, -0.05) is 54.1 Å². The van der Waals surface area contributed by atoms with Gasteiger partial charge in [-0.3, -0.25) is 14.6 Å². The highest BCUT2D eigenvalue weighted by molar-refractivity contribution is 5.97. The predicted molar refractivity (Wildman–Crippen MR) is 121 cm³/mol. The molecule has 162 valence electrons. The number of fused-ring (bicyclic) bond motifs is 1. The number of carbonyl (C=O) groups excluding carboxylic acids is 2. The lowest BCUT2D eigenvalue weighted by atomic mass is 9.73. The molecule has 3 heterocycles. The van der Waals surface area contributed by atoms with Crippen molar-refractivity contribution in [1.82, 2.24) is 14.8 Å². The first kappa shape index (κ1) is 20.4. The summed E-state index contributed by atoms with van der Waals surface area (Å²) in [5.41, 5.74) is 5.05. The molecule has 0 unspecified atom stereocenters. The second kappa shape index (κ2) is 8.20. The number of pyridine rings is 1. The molecule has 6 heteroatoms. The molecule has 2 fully saturated rings. The lowest BCUT2D eigenvalue weighted by Crippen LogP contribution is -2.73. The zero-order chi connectivity index (χ0) is 22.2. The fraction of sp³-hybridized carbons (Fsp3) is 0.269. The van der Waals surface area contributed by atoms with E-state index in [2.05, 4.69) is 54.4 Å². The normalized spacial score (nSPS) is 22.3. The van der Waals surface area contributed by atoms with Gasteiger partial charge in [0.05, 0.1) is 24.3 Å². The highest BCUT2D eigenvalue weighted by atomic mass is 16.3. The molecular weight excluding hydrogens is 402 g/mol. The number of benzene rings is 2. The van der Waals surface area contributed by atoms with E-state index in [9.17, 15) is 14.7 Å². The molecule has 0 bridgehead atoms. The van der Waals surface area contributed by atoms with E-state index in [0.717, 1.165) is 16.7 Å². The lowest BCUT2D eigenvalue weighted by molar-refractivity contribution is -0.159. The maximum atomic E-state index is 12.9. The Kier molecular flexibility index (Phi) is 5.23. The summed E-state index contributed by atoms with van der Waals surface area (Å²) < 4.78 is 0. The van der Waals surface area contributed by atoms with Gasteiger partial charge < -0.3 is 14.9 Å². The number of aliphatic hydroxyl groups excluding tert-OH is 1. The molecule has 32 heavy (non-hydrogen) atoms. The van der Waals surface area contributed by atoms with Gasteiger partial charge in [0.1, 0.15) is 6.54 Å². The van der Waals surface area contributed by atoms with E-state index in [1.807, 2.05) is 6.07 Å². The molecule has 0 spiro atoms. The number of hydrogen-bond donors (Lipinski definition) is 1. The van der Waals surface area contributed by atoms with Crippen molar-refractivity contribution in [2.24, 2.45) is 0 Å². The summed E-state index contributed by atoms with van der Waals surface area (Å²) in [6.07, 6.45) is 3.14. The Labute approximate surface area is 187 Å². The number of aliphatic hydroxyl groups is 1. The molecule has 0 radical (unpaired) electrons. The van der Waals surface area contributed by atoms with E-state index in [1.54, 1.807) is 28.1 Å². The minimum Gasteiger partial charge on any atom is -0.394 e. The fourth-order valence-corrected chi connectivity index (χ4v) is 5.05. The Morgan fingerprint density at radius 2 is 1.91 bits per heavy atom. The molecule has 1 aromatic heterocycles. The maximum Gasteiger partial charge on any atom is 0.255 e. The van der Waals surface area contributed by atoms with Crippen molar-refractivity contribution < 1.29 is 14.7 Å². The number of amides is 2. The molecular formula is C26H25N3O3. The summed E-state index contributed by atoms with van der Waals surface area (Å²) in [4.78, 5) is 33.1. The van der Waals surface area contributed by atoms with Crippen molar-refractivity contribution >= 4 is 11.8 Å². The first-order valence-electron chi connectivity index (χ1n) is 10.8. The number of carbonyl (C=O) groups is 2. The Hall–Kier alpha value is -3.51. The summed E-state index contributed by atoms with van der Waals surface area (Å²) in [7, 11) is 0. The van der Waals surface area contributed by atoms with E-state index >= 15 is 0 Å². The first-order valence-corrected chi connectivity index (χ1v) is 10.8. The molecule has 2 aliphatic heterocycles. The highest BCUT2D eigenvalue weighted by Crippen LogP contribution is 2.43. The molecule has 3 aromatic rings. The van der Waals surface area contributed by atoms with Crippen LogP contribution in [0, 0.1) is 6.92 Å². The van der Waals surface area contributed by atoms with Crippen LogP contribution in [0.15, 0.2) is 73.1 Å². The highest BCUT2D eigenvalue weighted by Gasteiger charge is 2.54. The topological polar surface area (TPSA) is 73.7 Å². The van der Waals surface area contributed by atoms with Gasteiger partial charge >= 0.3 is 0 Å². The number of rotatable bonds is 4. The Balaban J connectivity index is 1.39. The van der Waals surface area contributed by atoms with Crippen LogP contribution in [0.3, 0.4) is 0 Å². The van der Waals surface area contributed by atoms with E-state index in [0.29, 0.717) is 12.1 Å². The second-order valence-electron chi connectivity index (χ2n) is 8.56. The number of aromatic nitrogens is 1. The van der Waals surface area contributed by atoms with Crippen LogP contribution in [-0.2, 0) is 4.79 Å². The van der Waals surface area contributed by atoms with Gasteiger partial charge in [-0.25, -0.2) is 0 Å². The summed E-state index contributed by atoms with van der Waals surface area (Å²) in [6, 6.07) is 19.7. The van der Waals surface area contributed by atoms with E-state index in [-0.39, 0.29) is 43.0 Å². The third-order valence-electron chi connectivity index (χ3n) is 6.59. The number of aryl methyl sites for hydroxylation is 1. The first-order chi connectivity index (χ1) is 15.6. The van der Waals surface area contributed by atoms with E-state index in [1.165, 1.54) is 11.8 Å². The summed E-state index contributed by atoms with van der Waals surface area (Å²) in [6.45, 7) is 2.45. The zero-order valence-electron chi connectivity index (χ0n) is 17.9. The van der Waals surface area contributed by atoms with E-state index < -0.39 is 0 Å². The average Bonchev–Trinajstić information content (AvgIpc) is 2.81. The van der Waals surface area contributed by atoms with Crippen molar-refractivity contribution in [1.29, 1.82) is 0 Å². The molecule has 2 saturated heterocycles. The van der Waals surface area contributed by atoms with Gasteiger partial charge in [0.2, 0.25) is 5.91 Å². The van der Waals surface area contributed by atoms with Crippen molar-refractivity contribution in [3.05, 3.63) is 89.7 Å². The van der Waals surface area contributed by atoms with Gasteiger partial charge in [0, 0.05) is 24.9 Å². The predicted octanol–water partition coefficient (Wildman–Crippen LogP) is 2.87. The Morgan fingerprint density at radius 1 is 1.09 bits per heavy atom. The standard InChI is InChI=1S/C26H25N3O3/c1-17-4-2-5-20(12-17)18-7-9-19(10-8-18)25-22-14-28(15-24(31)29(22)23(25)16-30)26(32)21-6-3-11-27-13-21/h2-13,22-23,25,30H,14-16H2,1H3/t22-,23+,25+/m0/s1. The minimum atomic E-state index is -0.257. The number of piperazine rings is 1. The molecule has 2 amide bonds. The molecule has 1 N–H and O–H groups in total. The van der Waals surface area contributed by atoms with Crippen molar-refractivity contribution in [2.45, 2.75) is 24.9 Å². The van der Waals surface area contributed by atoms with E-state index in [4.69, 9.17) is 0 Å². The van der Waals surface area contributed by atoms with Gasteiger partial charge in [-0.15, -0.1) is 0 Å². The van der Waals surface area contributed by atoms with Crippen LogP contribution in [0.25, 0.3) is 11.1 Å². The number of hydrogen-bond acceptors (Lipinski definition) is 4. The van der Waals surface area contributed by atoms with Gasteiger partial charge in [0.15, 0.2) is 0 Å². The van der Waals surface area contributed by atoms with Crippen LogP contribution < -0.4 is 0 Å². The van der Waals surface area contributed by atoms with Crippen LogP contribution >= 0.6 is 0 Å². The van der Waals surface area contributed by atoms with Crippen LogP contribution in [-0.4, -0.2) is 63.5 Å². The minimum absolute atomic E-state index is 0.0139. The van der Waals surface area contributed by atoms with Crippen molar-refractivity contribution in [2.75, 3.05) is 19.7 Å². The zero-order valence-corrected chi connectivity index (χ0v) is 17.9. The van der Waals surface area contributed by atoms with Gasteiger partial charge in [-0.05, 0) is 35.7 Å². The second-order valence-corrected chi connectivity index (χ2v) is 8.56. The molecule has 0 aliphatic carbocycles. The molecule has 2 aromatic carbocycles. The van der Waals surface area contributed by atoms with Crippen LogP contribution in [0.1, 0.15) is 27.4 Å². The summed E-state index contributed by atoms with van der Waals surface area (Å²) >= 11 is 0. The number of nitrogens with zero attached hydrogens (tertiary/aromatic N) is 3. The lowest BCUT2D eigenvalue weighted by Gasteiger charge is -2.58. The maximum absolute atomic E-state index is 12.9. The van der Waals surface area contributed by atoms with Crippen molar-refractivity contribution in [3.8, 4) is 11.1 Å². The molecule has 0 saturated carbocycles. The Morgan fingerprint density at radius 3 is 2.59 bits per heavy atom.